The molecule has 0 aromatic carbocycles. The van der Waals surface area contributed by atoms with Gasteiger partial charge in [-0.1, -0.05) is 0 Å². The molecule has 5 nitrogen and oxygen atoms in total. The maximum Gasteiger partial charge on any atom is 0.236 e. The van der Waals surface area contributed by atoms with Gasteiger partial charge in [-0.2, -0.15) is 0 Å². The molecule has 1 unspecified atom stereocenters. The Morgan fingerprint density at radius 2 is 2.41 bits per heavy atom. The molecule has 1 aromatic rings. The van der Waals surface area contributed by atoms with Crippen LogP contribution in [-0.2, 0) is 16.1 Å². The Labute approximate surface area is 106 Å². The third-order valence-corrected chi connectivity index (χ3v) is 3.35. The first-order valence-corrected chi connectivity index (χ1v) is 6.42. The molecule has 0 fully saturated rings. The van der Waals surface area contributed by atoms with Crippen molar-refractivity contribution in [3.8, 4) is 0 Å². The van der Waals surface area contributed by atoms with E-state index in [1.54, 1.807) is 18.4 Å². The maximum absolute atomic E-state index is 11.6. The molecule has 1 amide bonds. The highest BCUT2D eigenvalue weighted by Gasteiger charge is 2.12. The van der Waals surface area contributed by atoms with Gasteiger partial charge in [0.25, 0.3) is 0 Å². The number of thiazole rings is 1. The van der Waals surface area contributed by atoms with E-state index in [0.29, 0.717) is 19.7 Å². The number of amides is 1. The van der Waals surface area contributed by atoms with E-state index in [1.807, 2.05) is 19.4 Å². The Bertz CT molecular complexity index is 354. The number of rotatable bonds is 7. The smallest absolute Gasteiger partial charge is 0.236 e. The van der Waals surface area contributed by atoms with E-state index in [9.17, 15) is 4.79 Å². The summed E-state index contributed by atoms with van der Waals surface area (Å²) >= 11 is 1.60. The average molecular weight is 257 g/mol. The Balaban J connectivity index is 2.27. The van der Waals surface area contributed by atoms with E-state index in [0.717, 1.165) is 5.69 Å². The molecule has 1 heterocycles. The zero-order valence-corrected chi connectivity index (χ0v) is 11.3. The van der Waals surface area contributed by atoms with Gasteiger partial charge < -0.3 is 15.4 Å². The summed E-state index contributed by atoms with van der Waals surface area (Å²) < 4.78 is 4.86. The fourth-order valence-electron chi connectivity index (χ4n) is 1.26. The maximum atomic E-state index is 11.6. The number of aromatic nitrogens is 1. The standard InChI is InChI=1S/C11H19N3O2S/c1-8-10(17-7-14-8)6-13-9(2)11(15)12-4-5-16-3/h7,9,13H,4-6H2,1-3H3,(H,12,15). The van der Waals surface area contributed by atoms with Crippen LogP contribution in [0.1, 0.15) is 17.5 Å². The van der Waals surface area contributed by atoms with E-state index in [2.05, 4.69) is 15.6 Å². The number of nitrogens with one attached hydrogen (secondary N) is 2. The molecule has 0 aliphatic carbocycles. The zero-order valence-electron chi connectivity index (χ0n) is 10.4. The van der Waals surface area contributed by atoms with Crippen molar-refractivity contribution in [2.24, 2.45) is 0 Å². The first kappa shape index (κ1) is 14.1. The summed E-state index contributed by atoms with van der Waals surface area (Å²) in [5, 5.41) is 5.96. The minimum absolute atomic E-state index is 0.00998. The number of hydrogen-bond donors (Lipinski definition) is 2. The van der Waals surface area contributed by atoms with Crippen LogP contribution in [-0.4, -0.2) is 37.2 Å². The lowest BCUT2D eigenvalue weighted by Gasteiger charge is -2.13. The van der Waals surface area contributed by atoms with Crippen LogP contribution in [0.5, 0.6) is 0 Å². The quantitative estimate of drug-likeness (QED) is 0.706. The number of aryl methyl sites for hydroxylation is 1. The Morgan fingerprint density at radius 3 is 3.00 bits per heavy atom. The summed E-state index contributed by atoms with van der Waals surface area (Å²) in [6.07, 6.45) is 0. The second-order valence-corrected chi connectivity index (χ2v) is 4.69. The Hall–Kier alpha value is -0.980. The minimum atomic E-state index is -0.214. The van der Waals surface area contributed by atoms with E-state index in [4.69, 9.17) is 4.74 Å². The summed E-state index contributed by atoms with van der Waals surface area (Å²) in [4.78, 5) is 17.0. The van der Waals surface area contributed by atoms with Crippen molar-refractivity contribution in [2.45, 2.75) is 26.4 Å². The number of hydrogen-bond acceptors (Lipinski definition) is 5. The van der Waals surface area contributed by atoms with Gasteiger partial charge in [0.1, 0.15) is 0 Å². The van der Waals surface area contributed by atoms with Crippen molar-refractivity contribution in [1.29, 1.82) is 0 Å². The number of carbonyl (C=O) groups is 1. The van der Waals surface area contributed by atoms with Crippen molar-refractivity contribution in [1.82, 2.24) is 15.6 Å². The SMILES string of the molecule is COCCNC(=O)C(C)NCc1scnc1C. The van der Waals surface area contributed by atoms with Crippen molar-refractivity contribution < 1.29 is 9.53 Å². The van der Waals surface area contributed by atoms with Crippen LogP contribution < -0.4 is 10.6 Å². The molecule has 0 aliphatic rings. The van der Waals surface area contributed by atoms with Crippen molar-refractivity contribution in [3.63, 3.8) is 0 Å². The van der Waals surface area contributed by atoms with Gasteiger partial charge >= 0.3 is 0 Å². The molecule has 96 valence electrons. The highest BCUT2D eigenvalue weighted by atomic mass is 32.1. The van der Waals surface area contributed by atoms with Gasteiger partial charge in [-0.3, -0.25) is 4.79 Å². The molecule has 1 aromatic heterocycles. The third-order valence-electron chi connectivity index (χ3n) is 2.41. The van der Waals surface area contributed by atoms with Gasteiger partial charge in [-0.05, 0) is 13.8 Å². The monoisotopic (exact) mass is 257 g/mol. The van der Waals surface area contributed by atoms with Crippen LogP contribution in [0.15, 0.2) is 5.51 Å². The molecule has 17 heavy (non-hydrogen) atoms. The molecule has 6 heteroatoms. The van der Waals surface area contributed by atoms with E-state index < -0.39 is 0 Å². The number of carbonyl (C=O) groups excluding carboxylic acids is 1. The second kappa shape index (κ2) is 7.37. The molecule has 1 atom stereocenters. The van der Waals surface area contributed by atoms with Crippen LogP contribution >= 0.6 is 11.3 Å². The fraction of sp³-hybridized carbons (Fsp3) is 0.636. The van der Waals surface area contributed by atoms with Crippen LogP contribution in [0.4, 0.5) is 0 Å². The third kappa shape index (κ3) is 4.80. The van der Waals surface area contributed by atoms with E-state index in [-0.39, 0.29) is 11.9 Å². The molecule has 1 rings (SSSR count). The van der Waals surface area contributed by atoms with Crippen molar-refractivity contribution >= 4 is 17.2 Å². The first-order valence-electron chi connectivity index (χ1n) is 5.54. The summed E-state index contributed by atoms with van der Waals surface area (Å²) in [6.45, 7) is 5.57. The molecule has 0 bridgehead atoms. The van der Waals surface area contributed by atoms with E-state index >= 15 is 0 Å². The average Bonchev–Trinajstić information content (AvgIpc) is 2.72. The predicted molar refractivity (Wildman–Crippen MR) is 68.0 cm³/mol. The number of methoxy groups -OCH3 is 1. The predicted octanol–water partition coefficient (Wildman–Crippen LogP) is 0.692. The molecule has 0 saturated carbocycles. The van der Waals surface area contributed by atoms with Gasteiger partial charge in [-0.25, -0.2) is 4.98 Å². The van der Waals surface area contributed by atoms with Crippen molar-refractivity contribution in [2.75, 3.05) is 20.3 Å². The highest BCUT2D eigenvalue weighted by Crippen LogP contribution is 2.11. The zero-order chi connectivity index (χ0) is 12.7. The molecular weight excluding hydrogens is 238 g/mol. The molecule has 0 radical (unpaired) electrons. The van der Waals surface area contributed by atoms with Gasteiger partial charge in [0.05, 0.1) is 23.9 Å². The lowest BCUT2D eigenvalue weighted by Crippen LogP contribution is -2.42. The molecule has 0 aliphatic heterocycles. The highest BCUT2D eigenvalue weighted by molar-refractivity contribution is 7.09. The fourth-order valence-corrected chi connectivity index (χ4v) is 1.99. The Morgan fingerprint density at radius 1 is 1.65 bits per heavy atom. The molecule has 2 N–H and O–H groups in total. The van der Waals surface area contributed by atoms with Gasteiger partial charge in [-0.15, -0.1) is 11.3 Å². The summed E-state index contributed by atoms with van der Waals surface area (Å²) in [5.41, 5.74) is 2.84. The summed E-state index contributed by atoms with van der Waals surface area (Å²) in [6, 6.07) is -0.214. The molecular formula is C11H19N3O2S. The first-order chi connectivity index (χ1) is 8.15. The van der Waals surface area contributed by atoms with Crippen LogP contribution in [0.25, 0.3) is 0 Å². The summed E-state index contributed by atoms with van der Waals surface area (Å²) in [7, 11) is 1.61. The van der Waals surface area contributed by atoms with E-state index in [1.165, 1.54) is 4.88 Å². The van der Waals surface area contributed by atoms with Gasteiger partial charge in [0.2, 0.25) is 5.91 Å². The van der Waals surface area contributed by atoms with Crippen LogP contribution in [0.3, 0.4) is 0 Å². The van der Waals surface area contributed by atoms with Crippen LogP contribution in [0, 0.1) is 6.92 Å². The molecule has 0 saturated heterocycles. The lowest BCUT2D eigenvalue weighted by molar-refractivity contribution is -0.122. The molecule has 0 spiro atoms. The minimum Gasteiger partial charge on any atom is -0.383 e. The Kier molecular flexibility index (Phi) is 6.10. The van der Waals surface area contributed by atoms with Gasteiger partial charge in [0.15, 0.2) is 0 Å². The van der Waals surface area contributed by atoms with Crippen molar-refractivity contribution in [3.05, 3.63) is 16.1 Å². The topological polar surface area (TPSA) is 63.2 Å². The van der Waals surface area contributed by atoms with Gasteiger partial charge in [0, 0.05) is 25.1 Å². The number of ether oxygens (including phenoxy) is 1. The second-order valence-electron chi connectivity index (χ2n) is 3.75. The lowest BCUT2D eigenvalue weighted by atomic mass is 10.3. The summed E-state index contributed by atoms with van der Waals surface area (Å²) in [5.74, 6) is -0.00998. The number of nitrogens with zero attached hydrogens (tertiary/aromatic N) is 1. The largest absolute Gasteiger partial charge is 0.383 e. The van der Waals surface area contributed by atoms with Crippen LogP contribution in [0.2, 0.25) is 0 Å². The normalized spacial score (nSPS) is 12.4.